The number of benzene rings is 1. The number of carbonyl (C=O) groups excluding carboxylic acids is 1. The lowest BCUT2D eigenvalue weighted by Crippen LogP contribution is -2.31. The highest BCUT2D eigenvalue weighted by atomic mass is 32.2. The van der Waals surface area contributed by atoms with E-state index >= 15 is 0 Å². The Morgan fingerprint density at radius 2 is 1.79 bits per heavy atom. The van der Waals surface area contributed by atoms with E-state index in [0.29, 0.717) is 29.4 Å². The summed E-state index contributed by atoms with van der Waals surface area (Å²) in [5.41, 5.74) is 1.88. The number of hydrogen-bond acceptors (Lipinski definition) is 5. The molecule has 8 heteroatoms. The monoisotopic (exact) mass is 419 g/mol. The Morgan fingerprint density at radius 3 is 2.39 bits per heavy atom. The molecule has 28 heavy (non-hydrogen) atoms. The SMILES string of the molecule is CCN(CC)S(=O)(=O)c1c(C)nn(CC(=O)c2sc3ccccc3c2C)c1C. The van der Waals surface area contributed by atoms with Gasteiger partial charge in [-0.3, -0.25) is 9.48 Å². The Labute approximate surface area is 169 Å². The van der Waals surface area contributed by atoms with E-state index in [4.69, 9.17) is 0 Å². The number of carbonyl (C=O) groups is 1. The van der Waals surface area contributed by atoms with E-state index in [9.17, 15) is 13.2 Å². The van der Waals surface area contributed by atoms with Crippen LogP contribution in [0.25, 0.3) is 10.1 Å². The number of Topliss-reactive ketones (excluding diaryl/α,β-unsaturated/α-hetero) is 1. The van der Waals surface area contributed by atoms with Crippen LogP contribution in [-0.2, 0) is 16.6 Å². The number of fused-ring (bicyclic) bond motifs is 1. The maximum Gasteiger partial charge on any atom is 0.246 e. The molecular weight excluding hydrogens is 394 g/mol. The van der Waals surface area contributed by atoms with Crippen LogP contribution in [-0.4, -0.2) is 41.4 Å². The molecule has 3 aromatic rings. The second-order valence-corrected chi connectivity index (χ2v) is 9.65. The largest absolute Gasteiger partial charge is 0.291 e. The van der Waals surface area contributed by atoms with E-state index in [-0.39, 0.29) is 17.2 Å². The van der Waals surface area contributed by atoms with Crippen molar-refractivity contribution in [1.82, 2.24) is 14.1 Å². The van der Waals surface area contributed by atoms with Crippen molar-refractivity contribution >= 4 is 37.2 Å². The van der Waals surface area contributed by atoms with Gasteiger partial charge in [0.2, 0.25) is 10.0 Å². The van der Waals surface area contributed by atoms with Crippen LogP contribution in [0.3, 0.4) is 0 Å². The van der Waals surface area contributed by atoms with Gasteiger partial charge in [0, 0.05) is 17.8 Å². The van der Waals surface area contributed by atoms with Gasteiger partial charge in [-0.2, -0.15) is 9.40 Å². The van der Waals surface area contributed by atoms with Crippen molar-refractivity contribution in [1.29, 1.82) is 0 Å². The quantitative estimate of drug-likeness (QED) is 0.544. The summed E-state index contributed by atoms with van der Waals surface area (Å²) in [4.78, 5) is 13.9. The zero-order chi connectivity index (χ0) is 20.6. The molecular formula is C20H25N3O3S2. The molecule has 0 N–H and O–H groups in total. The number of thiophene rings is 1. The summed E-state index contributed by atoms with van der Waals surface area (Å²) in [5.74, 6) is -0.0592. The lowest BCUT2D eigenvalue weighted by molar-refractivity contribution is 0.0970. The Morgan fingerprint density at radius 1 is 1.14 bits per heavy atom. The highest BCUT2D eigenvalue weighted by molar-refractivity contribution is 7.89. The first-order valence-electron chi connectivity index (χ1n) is 9.27. The fraction of sp³-hybridized carbons (Fsp3) is 0.400. The number of ketones is 1. The zero-order valence-corrected chi connectivity index (χ0v) is 18.4. The number of rotatable bonds is 7. The van der Waals surface area contributed by atoms with E-state index in [1.807, 2.05) is 45.0 Å². The van der Waals surface area contributed by atoms with Gasteiger partial charge in [0.15, 0.2) is 5.78 Å². The van der Waals surface area contributed by atoms with E-state index in [1.165, 1.54) is 20.3 Å². The summed E-state index contributed by atoms with van der Waals surface area (Å²) >= 11 is 1.47. The summed E-state index contributed by atoms with van der Waals surface area (Å²) in [7, 11) is -3.63. The molecule has 0 spiro atoms. The molecule has 0 aliphatic carbocycles. The molecule has 0 fully saturated rings. The van der Waals surface area contributed by atoms with Crippen LogP contribution in [0.4, 0.5) is 0 Å². The van der Waals surface area contributed by atoms with Gasteiger partial charge in [-0.15, -0.1) is 11.3 Å². The lowest BCUT2D eigenvalue weighted by atomic mass is 10.1. The molecule has 6 nitrogen and oxygen atoms in total. The predicted molar refractivity (Wildman–Crippen MR) is 113 cm³/mol. The van der Waals surface area contributed by atoms with Crippen LogP contribution in [0.2, 0.25) is 0 Å². The number of aromatic nitrogens is 2. The van der Waals surface area contributed by atoms with Gasteiger partial charge in [0.1, 0.15) is 11.4 Å². The normalized spacial score (nSPS) is 12.2. The first-order valence-corrected chi connectivity index (χ1v) is 11.5. The van der Waals surface area contributed by atoms with E-state index in [0.717, 1.165) is 15.6 Å². The van der Waals surface area contributed by atoms with Crippen LogP contribution in [0.1, 0.15) is 40.5 Å². The van der Waals surface area contributed by atoms with Gasteiger partial charge in [0.05, 0.1) is 16.3 Å². The van der Waals surface area contributed by atoms with E-state index in [2.05, 4.69) is 5.10 Å². The number of aryl methyl sites for hydroxylation is 2. The molecule has 1 aromatic carbocycles. The minimum atomic E-state index is -3.63. The van der Waals surface area contributed by atoms with Crippen molar-refractivity contribution in [2.24, 2.45) is 0 Å². The summed E-state index contributed by atoms with van der Waals surface area (Å²) in [6.07, 6.45) is 0. The minimum absolute atomic E-state index is 0.0219. The second-order valence-electron chi connectivity index (χ2n) is 6.72. The van der Waals surface area contributed by atoms with Crippen LogP contribution in [0.5, 0.6) is 0 Å². The molecule has 2 aromatic heterocycles. The summed E-state index contributed by atoms with van der Waals surface area (Å²) in [6, 6.07) is 7.93. The van der Waals surface area contributed by atoms with Crippen molar-refractivity contribution in [3.8, 4) is 0 Å². The summed E-state index contributed by atoms with van der Waals surface area (Å²) in [5, 5.41) is 5.45. The Balaban J connectivity index is 1.97. The zero-order valence-electron chi connectivity index (χ0n) is 16.8. The number of nitrogens with zero attached hydrogens (tertiary/aromatic N) is 3. The highest BCUT2D eigenvalue weighted by Gasteiger charge is 2.30. The van der Waals surface area contributed by atoms with Crippen molar-refractivity contribution in [2.45, 2.75) is 46.1 Å². The molecule has 0 aliphatic rings. The second kappa shape index (κ2) is 7.77. The number of hydrogen-bond donors (Lipinski definition) is 0. The highest BCUT2D eigenvalue weighted by Crippen LogP contribution is 2.31. The topological polar surface area (TPSA) is 72.3 Å². The van der Waals surface area contributed by atoms with Gasteiger partial charge in [-0.1, -0.05) is 32.0 Å². The summed E-state index contributed by atoms with van der Waals surface area (Å²) in [6.45, 7) is 9.76. The smallest absolute Gasteiger partial charge is 0.246 e. The fourth-order valence-electron chi connectivity index (χ4n) is 3.55. The molecule has 0 unspecified atom stereocenters. The number of sulfonamides is 1. The molecule has 0 aliphatic heterocycles. The van der Waals surface area contributed by atoms with Crippen molar-refractivity contribution < 1.29 is 13.2 Å². The van der Waals surface area contributed by atoms with Crippen LogP contribution >= 0.6 is 11.3 Å². The van der Waals surface area contributed by atoms with Gasteiger partial charge in [0.25, 0.3) is 0 Å². The van der Waals surface area contributed by atoms with Crippen LogP contribution in [0.15, 0.2) is 29.2 Å². The third-order valence-electron chi connectivity index (χ3n) is 5.01. The predicted octanol–water partition coefficient (Wildman–Crippen LogP) is 3.94. The third-order valence-corrected chi connectivity index (χ3v) is 8.63. The third kappa shape index (κ3) is 3.40. The van der Waals surface area contributed by atoms with Crippen LogP contribution < -0.4 is 0 Å². The minimum Gasteiger partial charge on any atom is -0.291 e. The van der Waals surface area contributed by atoms with E-state index < -0.39 is 10.0 Å². The summed E-state index contributed by atoms with van der Waals surface area (Å²) < 4.78 is 29.9. The Bertz CT molecular complexity index is 1140. The standard InChI is InChI=1S/C20H25N3O3S2/c1-6-22(7-2)28(25,26)20-14(4)21-23(15(20)5)12-17(24)19-13(3)16-10-8-9-11-18(16)27-19/h8-11H,6-7,12H2,1-5H3. The molecule has 0 radical (unpaired) electrons. The van der Waals surface area contributed by atoms with Gasteiger partial charge in [-0.05, 0) is 37.8 Å². The average molecular weight is 420 g/mol. The Hall–Kier alpha value is -2.03. The Kier molecular flexibility index (Phi) is 5.74. The van der Waals surface area contributed by atoms with Crippen LogP contribution in [0, 0.1) is 20.8 Å². The van der Waals surface area contributed by atoms with Crippen molar-refractivity contribution in [3.63, 3.8) is 0 Å². The van der Waals surface area contributed by atoms with Gasteiger partial charge < -0.3 is 0 Å². The average Bonchev–Trinajstić information content (AvgIpc) is 3.13. The fourth-order valence-corrected chi connectivity index (χ4v) is 6.52. The molecule has 150 valence electrons. The van der Waals surface area contributed by atoms with E-state index in [1.54, 1.807) is 13.8 Å². The molecule has 0 amide bonds. The molecule has 0 saturated carbocycles. The molecule has 0 bridgehead atoms. The van der Waals surface area contributed by atoms with Crippen molar-refractivity contribution in [3.05, 3.63) is 46.1 Å². The molecule has 2 heterocycles. The molecule has 0 atom stereocenters. The van der Waals surface area contributed by atoms with Gasteiger partial charge >= 0.3 is 0 Å². The first-order chi connectivity index (χ1) is 13.2. The maximum absolute atomic E-state index is 13.0. The first kappa shape index (κ1) is 20.7. The van der Waals surface area contributed by atoms with Crippen molar-refractivity contribution in [2.75, 3.05) is 13.1 Å². The van der Waals surface area contributed by atoms with Gasteiger partial charge in [-0.25, -0.2) is 8.42 Å². The molecule has 3 rings (SSSR count). The maximum atomic E-state index is 13.0. The molecule has 0 saturated heterocycles. The lowest BCUT2D eigenvalue weighted by Gasteiger charge is -2.18.